The van der Waals surface area contributed by atoms with E-state index in [2.05, 4.69) is 10.3 Å². The van der Waals surface area contributed by atoms with Gasteiger partial charge in [0.05, 0.1) is 7.05 Å². The molecule has 3 rings (SSSR count). The number of benzene rings is 1. The fourth-order valence-corrected chi connectivity index (χ4v) is 4.50. The Morgan fingerprint density at radius 1 is 1.15 bits per heavy atom. The highest BCUT2D eigenvalue weighted by Crippen LogP contribution is 2.20. The lowest BCUT2D eigenvalue weighted by atomic mass is 10.2. The van der Waals surface area contributed by atoms with Gasteiger partial charge in [-0.2, -0.15) is 4.31 Å². The molecule has 1 saturated heterocycles. The number of anilines is 2. The van der Waals surface area contributed by atoms with Crippen molar-refractivity contribution >= 4 is 27.4 Å². The molecule has 1 amide bonds. The molecule has 27 heavy (non-hydrogen) atoms. The number of amides is 1. The molecule has 2 N–H and O–H groups in total. The number of H-pyrrole nitrogens is 1. The summed E-state index contributed by atoms with van der Waals surface area (Å²) in [4.78, 5) is 17.2. The summed E-state index contributed by atoms with van der Waals surface area (Å²) in [5.74, 6) is 0.512. The number of carbonyl (C=O) groups excluding carboxylic acids is 1. The molecule has 0 saturated carbocycles. The third-order valence-corrected chi connectivity index (χ3v) is 6.49. The first-order chi connectivity index (χ1) is 12.9. The van der Waals surface area contributed by atoms with E-state index in [1.54, 1.807) is 24.1 Å². The Morgan fingerprint density at radius 3 is 2.41 bits per heavy atom. The Kier molecular flexibility index (Phi) is 5.76. The monoisotopic (exact) mass is 389 g/mol. The van der Waals surface area contributed by atoms with Crippen LogP contribution >= 0.6 is 0 Å². The number of nitrogens with zero attached hydrogens (tertiary/aromatic N) is 2. The van der Waals surface area contributed by atoms with Crippen LogP contribution in [0, 0.1) is 6.92 Å². The number of aromatic nitrogens is 1. The molecule has 1 aliphatic rings. The van der Waals surface area contributed by atoms with Gasteiger partial charge in [-0.3, -0.25) is 9.69 Å². The summed E-state index contributed by atoms with van der Waals surface area (Å²) in [7, 11) is -1.67. The minimum Gasteiger partial charge on any atom is -0.323 e. The average molecular weight is 390 g/mol. The smallest absolute Gasteiger partial charge is 0.274 e. The molecule has 0 bridgehead atoms. The van der Waals surface area contributed by atoms with E-state index in [4.69, 9.17) is 0 Å². The summed E-state index contributed by atoms with van der Waals surface area (Å²) < 4.78 is 26.6. The maximum Gasteiger partial charge on any atom is 0.274 e. The van der Waals surface area contributed by atoms with Gasteiger partial charge in [-0.25, -0.2) is 13.4 Å². The van der Waals surface area contributed by atoms with Crippen LogP contribution in [0.4, 0.5) is 11.5 Å². The van der Waals surface area contributed by atoms with Crippen molar-refractivity contribution in [1.29, 1.82) is 0 Å². The SMILES string of the molecule is Cc1ccc(NC(=O)CN(C)c2ccc(S(=O)(=O)N3CCCC3)c[nH+]2)cc1. The number of sulfonamides is 1. The van der Waals surface area contributed by atoms with E-state index in [0.717, 1.165) is 24.1 Å². The van der Waals surface area contributed by atoms with Crippen molar-refractivity contribution in [3.8, 4) is 0 Å². The van der Waals surface area contributed by atoms with Gasteiger partial charge in [-0.1, -0.05) is 17.7 Å². The van der Waals surface area contributed by atoms with Gasteiger partial charge < -0.3 is 5.32 Å². The Hall–Kier alpha value is -2.45. The maximum atomic E-state index is 12.5. The molecule has 0 unspecified atom stereocenters. The van der Waals surface area contributed by atoms with Gasteiger partial charge in [0.15, 0.2) is 6.54 Å². The van der Waals surface area contributed by atoms with E-state index in [0.29, 0.717) is 18.9 Å². The van der Waals surface area contributed by atoms with Gasteiger partial charge in [0.25, 0.3) is 11.7 Å². The molecule has 0 spiro atoms. The first-order valence-corrected chi connectivity index (χ1v) is 10.4. The van der Waals surface area contributed by atoms with E-state index in [9.17, 15) is 13.2 Å². The highest BCUT2D eigenvalue weighted by Gasteiger charge is 2.28. The average Bonchev–Trinajstić information content (AvgIpc) is 3.19. The zero-order chi connectivity index (χ0) is 19.4. The molecular weight excluding hydrogens is 364 g/mol. The van der Waals surface area contributed by atoms with Crippen molar-refractivity contribution in [2.24, 2.45) is 0 Å². The lowest BCUT2D eigenvalue weighted by Gasteiger charge is -2.15. The lowest BCUT2D eigenvalue weighted by Crippen LogP contribution is -2.34. The molecule has 1 aromatic carbocycles. The standard InChI is InChI=1S/C19H24N4O3S/c1-15-5-7-16(8-6-15)21-19(24)14-22(2)18-10-9-17(13-20-18)27(25,26)23-11-3-4-12-23/h5-10,13H,3-4,11-12,14H2,1-2H3,(H,21,24)/p+1. The topological polar surface area (TPSA) is 83.9 Å². The van der Waals surface area contributed by atoms with Crippen molar-refractivity contribution < 1.29 is 18.2 Å². The van der Waals surface area contributed by atoms with E-state index >= 15 is 0 Å². The molecule has 2 heterocycles. The number of likely N-dealkylation sites (N-methyl/N-ethyl adjacent to an activating group) is 1. The summed E-state index contributed by atoms with van der Waals surface area (Å²) in [5.41, 5.74) is 1.87. The number of nitrogens with one attached hydrogen (secondary N) is 2. The maximum absolute atomic E-state index is 12.5. The molecule has 1 fully saturated rings. The predicted molar refractivity (Wildman–Crippen MR) is 104 cm³/mol. The summed E-state index contributed by atoms with van der Waals surface area (Å²) in [6, 6.07) is 10.9. The summed E-state index contributed by atoms with van der Waals surface area (Å²) in [6.07, 6.45) is 3.29. The summed E-state index contributed by atoms with van der Waals surface area (Å²) >= 11 is 0. The number of rotatable bonds is 6. The number of carbonyl (C=O) groups is 1. The molecule has 1 aliphatic heterocycles. The Morgan fingerprint density at radius 2 is 1.81 bits per heavy atom. The molecule has 7 nitrogen and oxygen atoms in total. The second kappa shape index (κ2) is 8.06. The number of aromatic amines is 1. The molecule has 1 aromatic heterocycles. The highest BCUT2D eigenvalue weighted by molar-refractivity contribution is 7.89. The first-order valence-electron chi connectivity index (χ1n) is 8.96. The van der Waals surface area contributed by atoms with Crippen LogP contribution in [0.1, 0.15) is 18.4 Å². The van der Waals surface area contributed by atoms with Gasteiger partial charge in [-0.05, 0) is 38.0 Å². The Bertz CT molecular complexity index is 890. The number of aryl methyl sites for hydroxylation is 1. The zero-order valence-corrected chi connectivity index (χ0v) is 16.4. The van der Waals surface area contributed by atoms with Crippen LogP contribution in [0.3, 0.4) is 0 Å². The van der Waals surface area contributed by atoms with E-state index < -0.39 is 10.0 Å². The second-order valence-corrected chi connectivity index (χ2v) is 8.73. The van der Waals surface area contributed by atoms with Crippen molar-refractivity contribution in [3.63, 3.8) is 0 Å². The van der Waals surface area contributed by atoms with Gasteiger partial charge >= 0.3 is 0 Å². The fourth-order valence-electron chi connectivity index (χ4n) is 3.02. The third-order valence-electron chi connectivity index (χ3n) is 4.60. The molecule has 0 atom stereocenters. The summed E-state index contributed by atoms with van der Waals surface area (Å²) in [6.45, 7) is 3.28. The van der Waals surface area contributed by atoms with Crippen molar-refractivity contribution in [2.75, 3.05) is 36.9 Å². The van der Waals surface area contributed by atoms with Crippen LogP contribution in [0.25, 0.3) is 0 Å². The van der Waals surface area contributed by atoms with Crippen molar-refractivity contribution in [2.45, 2.75) is 24.7 Å². The molecule has 8 heteroatoms. The lowest BCUT2D eigenvalue weighted by molar-refractivity contribution is -0.366. The van der Waals surface area contributed by atoms with Crippen LogP contribution in [0.2, 0.25) is 0 Å². The zero-order valence-electron chi connectivity index (χ0n) is 15.6. The largest absolute Gasteiger partial charge is 0.323 e. The Labute approximate surface area is 160 Å². The normalized spacial score (nSPS) is 14.9. The van der Waals surface area contributed by atoms with E-state index in [-0.39, 0.29) is 17.3 Å². The fraction of sp³-hybridized carbons (Fsp3) is 0.368. The molecule has 0 aliphatic carbocycles. The van der Waals surface area contributed by atoms with Crippen molar-refractivity contribution in [1.82, 2.24) is 4.31 Å². The number of hydrogen-bond donors (Lipinski definition) is 1. The highest BCUT2D eigenvalue weighted by atomic mass is 32.2. The van der Waals surface area contributed by atoms with Crippen LogP contribution in [-0.4, -0.2) is 45.3 Å². The van der Waals surface area contributed by atoms with E-state index in [1.165, 1.54) is 10.5 Å². The van der Waals surface area contributed by atoms with Crippen molar-refractivity contribution in [3.05, 3.63) is 48.2 Å². The molecule has 0 radical (unpaired) electrons. The number of hydrogen-bond acceptors (Lipinski definition) is 4. The molecular formula is C19H25N4O3S+. The van der Waals surface area contributed by atoms with E-state index in [1.807, 2.05) is 31.2 Å². The number of pyridine rings is 1. The van der Waals surface area contributed by atoms with Gasteiger partial charge in [0, 0.05) is 24.8 Å². The Balaban J connectivity index is 1.62. The second-order valence-electron chi connectivity index (χ2n) is 6.79. The van der Waals surface area contributed by atoms with Crippen LogP contribution in [0.5, 0.6) is 0 Å². The minimum absolute atomic E-state index is 0.141. The quantitative estimate of drug-likeness (QED) is 0.815. The van der Waals surface area contributed by atoms with Gasteiger partial charge in [0.1, 0.15) is 11.1 Å². The first kappa shape index (κ1) is 19.3. The summed E-state index contributed by atoms with van der Waals surface area (Å²) in [5, 5.41) is 2.85. The predicted octanol–water partition coefficient (Wildman–Crippen LogP) is 1.67. The third kappa shape index (κ3) is 4.64. The van der Waals surface area contributed by atoms with Crippen LogP contribution in [0.15, 0.2) is 47.5 Å². The van der Waals surface area contributed by atoms with Crippen LogP contribution < -0.4 is 15.2 Å². The van der Waals surface area contributed by atoms with Gasteiger partial charge in [0.2, 0.25) is 10.0 Å². The minimum atomic E-state index is -3.44. The molecule has 2 aromatic rings. The van der Waals surface area contributed by atoms with Crippen LogP contribution in [-0.2, 0) is 14.8 Å². The van der Waals surface area contributed by atoms with Gasteiger partial charge in [-0.15, -0.1) is 0 Å². The molecule has 144 valence electrons.